The van der Waals surface area contributed by atoms with E-state index >= 15 is 0 Å². The number of ether oxygens (including phenoxy) is 1. The first-order valence-corrected chi connectivity index (χ1v) is 8.40. The van der Waals surface area contributed by atoms with Gasteiger partial charge >= 0.3 is 0 Å². The lowest BCUT2D eigenvalue weighted by molar-refractivity contribution is 0.306. The van der Waals surface area contributed by atoms with Gasteiger partial charge in [0.15, 0.2) is 0 Å². The van der Waals surface area contributed by atoms with E-state index in [9.17, 15) is 0 Å². The molecule has 0 unspecified atom stereocenters. The summed E-state index contributed by atoms with van der Waals surface area (Å²) in [7, 11) is 0. The van der Waals surface area contributed by atoms with Crippen molar-refractivity contribution < 1.29 is 4.74 Å². The number of nitrogens with one attached hydrogen (secondary N) is 1. The maximum absolute atomic E-state index is 5.88. The second-order valence-corrected chi connectivity index (χ2v) is 6.16. The molecule has 0 atom stereocenters. The van der Waals surface area contributed by atoms with Crippen molar-refractivity contribution in [2.45, 2.75) is 13.5 Å². The lowest BCUT2D eigenvalue weighted by Crippen LogP contribution is -1.95. The molecule has 0 saturated carbocycles. The summed E-state index contributed by atoms with van der Waals surface area (Å²) in [6.45, 7) is 2.57. The van der Waals surface area contributed by atoms with E-state index in [0.29, 0.717) is 6.61 Å². The zero-order valence-corrected chi connectivity index (χ0v) is 14.7. The number of rotatable bonds is 6. The number of halogens is 1. The first kappa shape index (κ1) is 17.1. The van der Waals surface area contributed by atoms with Gasteiger partial charge in [-0.25, -0.2) is 0 Å². The summed E-state index contributed by atoms with van der Waals surface area (Å²) in [5.74, 6) is 0.818. The number of hydrazone groups is 1. The van der Waals surface area contributed by atoms with Crippen molar-refractivity contribution >= 4 is 23.5 Å². The molecule has 0 spiro atoms. The van der Waals surface area contributed by atoms with E-state index in [1.165, 1.54) is 5.56 Å². The molecule has 0 amide bonds. The largest absolute Gasteiger partial charge is 0.489 e. The SMILES string of the molecule is Cc1ccc(NN=Cc2ccc(OCc3ccc(Cl)cc3)cc2)cc1. The van der Waals surface area contributed by atoms with Crippen LogP contribution in [0.5, 0.6) is 5.75 Å². The smallest absolute Gasteiger partial charge is 0.119 e. The summed E-state index contributed by atoms with van der Waals surface area (Å²) < 4.78 is 5.77. The van der Waals surface area contributed by atoms with Gasteiger partial charge in [-0.15, -0.1) is 0 Å². The molecule has 25 heavy (non-hydrogen) atoms. The van der Waals surface area contributed by atoms with Gasteiger partial charge in [-0.1, -0.05) is 41.4 Å². The summed E-state index contributed by atoms with van der Waals surface area (Å²) in [5, 5.41) is 4.97. The molecular formula is C21H19ClN2O. The van der Waals surface area contributed by atoms with E-state index in [1.807, 2.05) is 72.8 Å². The quantitative estimate of drug-likeness (QED) is 0.458. The Balaban J connectivity index is 1.52. The molecule has 3 aromatic carbocycles. The molecule has 3 rings (SSSR count). The molecule has 3 aromatic rings. The topological polar surface area (TPSA) is 33.6 Å². The Morgan fingerprint density at radius 2 is 1.60 bits per heavy atom. The van der Waals surface area contributed by atoms with Gasteiger partial charge in [0.05, 0.1) is 11.9 Å². The average molecular weight is 351 g/mol. The summed E-state index contributed by atoms with van der Waals surface area (Å²) >= 11 is 5.88. The molecule has 3 nitrogen and oxygen atoms in total. The highest BCUT2D eigenvalue weighted by molar-refractivity contribution is 6.30. The Labute approximate surface area is 152 Å². The molecule has 0 aliphatic heterocycles. The molecule has 0 saturated heterocycles. The average Bonchev–Trinajstić information content (AvgIpc) is 2.64. The lowest BCUT2D eigenvalue weighted by Gasteiger charge is -2.06. The molecule has 0 aliphatic rings. The summed E-state index contributed by atoms with van der Waals surface area (Å²) in [4.78, 5) is 0. The van der Waals surface area contributed by atoms with Crippen LogP contribution in [0.15, 0.2) is 77.9 Å². The van der Waals surface area contributed by atoms with Gasteiger partial charge in [0.1, 0.15) is 12.4 Å². The summed E-state index contributed by atoms with van der Waals surface area (Å²) in [5.41, 5.74) is 7.28. The Bertz CT molecular complexity index is 825. The Kier molecular flexibility index (Phi) is 5.70. The normalized spacial score (nSPS) is 10.8. The van der Waals surface area contributed by atoms with Gasteiger partial charge in [-0.05, 0) is 66.6 Å². The third-order valence-corrected chi connectivity index (χ3v) is 3.91. The van der Waals surface area contributed by atoms with Gasteiger partial charge < -0.3 is 4.74 Å². The van der Waals surface area contributed by atoms with Crippen LogP contribution < -0.4 is 10.2 Å². The monoisotopic (exact) mass is 350 g/mol. The molecule has 4 heteroatoms. The van der Waals surface area contributed by atoms with E-state index in [2.05, 4.69) is 17.5 Å². The Hall–Kier alpha value is -2.78. The van der Waals surface area contributed by atoms with Gasteiger partial charge in [0.2, 0.25) is 0 Å². The third-order valence-electron chi connectivity index (χ3n) is 3.66. The van der Waals surface area contributed by atoms with Crippen molar-refractivity contribution in [3.8, 4) is 5.75 Å². The van der Waals surface area contributed by atoms with Gasteiger partial charge in [-0.2, -0.15) is 5.10 Å². The highest BCUT2D eigenvalue weighted by Crippen LogP contribution is 2.15. The van der Waals surface area contributed by atoms with Gasteiger partial charge in [0.25, 0.3) is 0 Å². The van der Waals surface area contributed by atoms with Crippen molar-refractivity contribution in [3.63, 3.8) is 0 Å². The predicted octanol–water partition coefficient (Wildman–Crippen LogP) is 5.67. The highest BCUT2D eigenvalue weighted by Gasteiger charge is 1.97. The zero-order valence-electron chi connectivity index (χ0n) is 13.9. The number of aryl methyl sites for hydroxylation is 1. The molecule has 0 radical (unpaired) electrons. The predicted molar refractivity (Wildman–Crippen MR) is 105 cm³/mol. The van der Waals surface area contributed by atoms with Gasteiger partial charge in [-0.3, -0.25) is 5.43 Å². The fraction of sp³-hybridized carbons (Fsp3) is 0.0952. The van der Waals surface area contributed by atoms with E-state index in [1.54, 1.807) is 6.21 Å². The highest BCUT2D eigenvalue weighted by atomic mass is 35.5. The lowest BCUT2D eigenvalue weighted by atomic mass is 10.2. The standard InChI is InChI=1S/C21H19ClN2O/c1-16-2-10-20(11-3-16)24-23-14-17-6-12-21(13-7-17)25-15-18-4-8-19(22)9-5-18/h2-14,24H,15H2,1H3. The van der Waals surface area contributed by atoms with E-state index in [4.69, 9.17) is 16.3 Å². The van der Waals surface area contributed by atoms with Crippen LogP contribution in [0, 0.1) is 6.92 Å². The first-order valence-electron chi connectivity index (χ1n) is 8.02. The molecule has 0 aromatic heterocycles. The van der Waals surface area contributed by atoms with E-state index in [-0.39, 0.29) is 0 Å². The number of nitrogens with zero attached hydrogens (tertiary/aromatic N) is 1. The molecule has 126 valence electrons. The van der Waals surface area contributed by atoms with Crippen molar-refractivity contribution in [1.82, 2.24) is 0 Å². The summed E-state index contributed by atoms with van der Waals surface area (Å²) in [6, 6.07) is 23.5. The van der Waals surface area contributed by atoms with Crippen LogP contribution in [0.4, 0.5) is 5.69 Å². The van der Waals surface area contributed by atoms with Crippen LogP contribution in [0.3, 0.4) is 0 Å². The maximum atomic E-state index is 5.88. The maximum Gasteiger partial charge on any atom is 0.119 e. The Morgan fingerprint density at radius 3 is 2.28 bits per heavy atom. The first-order chi connectivity index (χ1) is 12.2. The number of anilines is 1. The number of hydrogen-bond acceptors (Lipinski definition) is 3. The van der Waals surface area contributed by atoms with Crippen molar-refractivity contribution in [3.05, 3.63) is 94.5 Å². The molecule has 1 N–H and O–H groups in total. The number of benzene rings is 3. The fourth-order valence-electron chi connectivity index (χ4n) is 2.21. The molecule has 0 fully saturated rings. The minimum Gasteiger partial charge on any atom is -0.489 e. The molecule has 0 heterocycles. The van der Waals surface area contributed by atoms with Crippen LogP contribution in [0.25, 0.3) is 0 Å². The van der Waals surface area contributed by atoms with Crippen molar-refractivity contribution in [2.75, 3.05) is 5.43 Å². The van der Waals surface area contributed by atoms with Crippen LogP contribution in [0.1, 0.15) is 16.7 Å². The van der Waals surface area contributed by atoms with Crippen LogP contribution in [0.2, 0.25) is 5.02 Å². The van der Waals surface area contributed by atoms with Crippen molar-refractivity contribution in [1.29, 1.82) is 0 Å². The fourth-order valence-corrected chi connectivity index (χ4v) is 2.33. The van der Waals surface area contributed by atoms with Crippen molar-refractivity contribution in [2.24, 2.45) is 5.10 Å². The summed E-state index contributed by atoms with van der Waals surface area (Å²) in [6.07, 6.45) is 1.78. The second-order valence-electron chi connectivity index (χ2n) is 5.72. The van der Waals surface area contributed by atoms with Gasteiger partial charge in [0, 0.05) is 5.02 Å². The minimum atomic E-state index is 0.513. The van der Waals surface area contributed by atoms with Crippen LogP contribution >= 0.6 is 11.6 Å². The molecule has 0 aliphatic carbocycles. The zero-order chi connectivity index (χ0) is 17.5. The minimum absolute atomic E-state index is 0.513. The Morgan fingerprint density at radius 1 is 0.920 bits per heavy atom. The second kappa shape index (κ2) is 8.36. The van der Waals surface area contributed by atoms with Crippen LogP contribution in [-0.2, 0) is 6.61 Å². The third kappa shape index (κ3) is 5.37. The van der Waals surface area contributed by atoms with Crippen LogP contribution in [-0.4, -0.2) is 6.21 Å². The van der Waals surface area contributed by atoms with E-state index in [0.717, 1.165) is 27.6 Å². The number of hydrogen-bond donors (Lipinski definition) is 1. The molecular weight excluding hydrogens is 332 g/mol. The molecule has 0 bridgehead atoms. The van der Waals surface area contributed by atoms with E-state index < -0.39 is 0 Å².